The van der Waals surface area contributed by atoms with E-state index in [1.54, 1.807) is 0 Å². The van der Waals surface area contributed by atoms with Gasteiger partial charge < -0.3 is 4.98 Å². The topological polar surface area (TPSA) is 28.1 Å². The minimum Gasteiger partial charge on any atom is -0.358 e. The second-order valence-corrected chi connectivity index (χ2v) is 10.9. The molecule has 2 heterocycles. The van der Waals surface area contributed by atoms with Crippen LogP contribution in [0.4, 0.5) is 5.69 Å². The van der Waals surface area contributed by atoms with Gasteiger partial charge in [-0.3, -0.25) is 4.99 Å². The molecule has 3 aromatic rings. The van der Waals surface area contributed by atoms with Crippen LogP contribution in [0.2, 0.25) is 0 Å². The first kappa shape index (κ1) is 28.7. The van der Waals surface area contributed by atoms with Gasteiger partial charge in [-0.2, -0.15) is 0 Å². The Bertz CT molecular complexity index is 1070. The first-order valence-corrected chi connectivity index (χ1v) is 11.8. The second-order valence-electron chi connectivity index (χ2n) is 10.9. The highest BCUT2D eigenvalue weighted by Crippen LogP contribution is 2.33. The van der Waals surface area contributed by atoms with Gasteiger partial charge in [-0.25, -0.2) is 0 Å². The molecule has 0 saturated carbocycles. The number of aromatic nitrogens is 1. The van der Waals surface area contributed by atoms with Gasteiger partial charge in [0.05, 0.1) is 5.69 Å². The number of aromatic amines is 1. The van der Waals surface area contributed by atoms with E-state index in [0.29, 0.717) is 17.8 Å². The molecule has 2 aromatic carbocycles. The maximum Gasteiger partial charge on any atom is 0.0668 e. The first-order valence-electron chi connectivity index (χ1n) is 11.8. The van der Waals surface area contributed by atoms with Gasteiger partial charge in [0.25, 0.3) is 0 Å². The standard InChI is InChI=1S/C15H21N.C14H19N.2CH4/c1-10(2)13-8-11-6-7-12(15(3,4)5)9-14(11)16-13;1-9(2)11-5-6-12-8-13(10(3)4)15-14(12)7-11;;/h6-7,9-10H,8H2,1-5H3;5-10,15H,1-4H3;2*1H4. The van der Waals surface area contributed by atoms with Gasteiger partial charge in [-0.05, 0) is 63.4 Å². The predicted molar refractivity (Wildman–Crippen MR) is 151 cm³/mol. The molecule has 4 rings (SSSR count). The Balaban J connectivity index is 0.000000312. The highest BCUT2D eigenvalue weighted by molar-refractivity contribution is 5.95. The van der Waals surface area contributed by atoms with Crippen LogP contribution in [0.3, 0.4) is 0 Å². The zero-order chi connectivity index (χ0) is 22.9. The van der Waals surface area contributed by atoms with Gasteiger partial charge in [-0.15, -0.1) is 0 Å². The molecule has 0 atom stereocenters. The van der Waals surface area contributed by atoms with Gasteiger partial charge >= 0.3 is 0 Å². The summed E-state index contributed by atoms with van der Waals surface area (Å²) in [7, 11) is 0. The van der Waals surface area contributed by atoms with Crippen LogP contribution in [0, 0.1) is 5.92 Å². The van der Waals surface area contributed by atoms with Crippen LogP contribution < -0.4 is 0 Å². The molecule has 0 amide bonds. The van der Waals surface area contributed by atoms with Gasteiger partial charge in [0, 0.05) is 23.3 Å². The molecular weight excluding hydrogens is 400 g/mol. The quantitative estimate of drug-likeness (QED) is 0.413. The molecule has 33 heavy (non-hydrogen) atoms. The van der Waals surface area contributed by atoms with Crippen molar-refractivity contribution in [1.82, 2.24) is 4.98 Å². The molecule has 0 spiro atoms. The van der Waals surface area contributed by atoms with Crippen molar-refractivity contribution < 1.29 is 0 Å². The molecule has 0 saturated heterocycles. The van der Waals surface area contributed by atoms with Crippen LogP contribution in [0.5, 0.6) is 0 Å². The fraction of sp³-hybridized carbons (Fsp3) is 0.516. The molecule has 0 fully saturated rings. The maximum absolute atomic E-state index is 4.74. The number of aliphatic imine (C=N–C) groups is 1. The van der Waals surface area contributed by atoms with Crippen molar-refractivity contribution in [2.24, 2.45) is 10.9 Å². The Morgan fingerprint density at radius 2 is 1.45 bits per heavy atom. The zero-order valence-corrected chi connectivity index (χ0v) is 20.9. The molecule has 0 aliphatic carbocycles. The molecule has 1 aliphatic rings. The lowest BCUT2D eigenvalue weighted by Crippen LogP contribution is -2.10. The highest BCUT2D eigenvalue weighted by atomic mass is 14.8. The molecule has 0 unspecified atom stereocenters. The van der Waals surface area contributed by atoms with E-state index in [-0.39, 0.29) is 20.3 Å². The largest absolute Gasteiger partial charge is 0.358 e. The average Bonchev–Trinajstić information content (AvgIpc) is 3.30. The molecular formula is C31H48N2. The second kappa shape index (κ2) is 11.2. The normalized spacial score (nSPS) is 12.8. The number of nitrogens with zero attached hydrogens (tertiary/aromatic N) is 1. The minimum absolute atomic E-state index is 0. The van der Waals surface area contributed by atoms with Crippen molar-refractivity contribution in [3.8, 4) is 0 Å². The maximum atomic E-state index is 4.74. The third kappa shape index (κ3) is 6.82. The summed E-state index contributed by atoms with van der Waals surface area (Å²) in [5.41, 5.74) is 9.48. The third-order valence-electron chi connectivity index (χ3n) is 6.21. The van der Waals surface area contributed by atoms with Crippen molar-refractivity contribution in [3.05, 3.63) is 64.8 Å². The van der Waals surface area contributed by atoms with Gasteiger partial charge in [0.1, 0.15) is 0 Å². The Hall–Kier alpha value is -2.35. The van der Waals surface area contributed by atoms with Crippen LogP contribution in [0.1, 0.15) is 111 Å². The summed E-state index contributed by atoms with van der Waals surface area (Å²) >= 11 is 0. The van der Waals surface area contributed by atoms with Gasteiger partial charge in [-0.1, -0.05) is 101 Å². The van der Waals surface area contributed by atoms with Crippen molar-refractivity contribution in [2.45, 2.75) is 101 Å². The summed E-state index contributed by atoms with van der Waals surface area (Å²) in [5, 5.41) is 1.32. The summed E-state index contributed by atoms with van der Waals surface area (Å²) in [6, 6.07) is 15.7. The van der Waals surface area contributed by atoms with Crippen LogP contribution in [-0.4, -0.2) is 10.7 Å². The van der Waals surface area contributed by atoms with Crippen LogP contribution in [-0.2, 0) is 11.8 Å². The van der Waals surface area contributed by atoms with Gasteiger partial charge in [0.15, 0.2) is 0 Å². The molecule has 0 radical (unpaired) electrons. The van der Waals surface area contributed by atoms with E-state index < -0.39 is 0 Å². The summed E-state index contributed by atoms with van der Waals surface area (Å²) in [4.78, 5) is 8.23. The van der Waals surface area contributed by atoms with Crippen molar-refractivity contribution in [1.29, 1.82) is 0 Å². The number of H-pyrrole nitrogens is 1. The molecule has 0 bridgehead atoms. The van der Waals surface area contributed by atoms with Crippen LogP contribution in [0.25, 0.3) is 10.9 Å². The van der Waals surface area contributed by atoms with E-state index in [2.05, 4.69) is 110 Å². The van der Waals surface area contributed by atoms with Gasteiger partial charge in [0.2, 0.25) is 0 Å². The van der Waals surface area contributed by atoms with E-state index >= 15 is 0 Å². The first-order chi connectivity index (χ1) is 14.5. The minimum atomic E-state index is 0. The average molecular weight is 449 g/mol. The Kier molecular flexibility index (Phi) is 9.72. The lowest BCUT2D eigenvalue weighted by molar-refractivity contribution is 0.590. The Labute approximate surface area is 203 Å². The fourth-order valence-electron chi connectivity index (χ4n) is 3.84. The molecule has 1 aliphatic heterocycles. The van der Waals surface area contributed by atoms with Crippen molar-refractivity contribution in [3.63, 3.8) is 0 Å². The number of rotatable bonds is 3. The summed E-state index contributed by atoms with van der Waals surface area (Å²) in [6.07, 6.45) is 1.04. The Morgan fingerprint density at radius 3 is 2.00 bits per heavy atom. The molecule has 1 N–H and O–H groups in total. The van der Waals surface area contributed by atoms with Crippen molar-refractivity contribution >= 4 is 22.3 Å². The number of hydrogen-bond donors (Lipinski definition) is 1. The van der Waals surface area contributed by atoms with E-state index in [9.17, 15) is 0 Å². The van der Waals surface area contributed by atoms with Crippen molar-refractivity contribution in [2.75, 3.05) is 0 Å². The SMILES string of the molecule is C.C.CC(C)C1=Nc2cc(C(C)(C)C)ccc2C1.CC(C)c1ccc2cc(C(C)C)[nH]c2c1. The van der Waals surface area contributed by atoms with Crippen LogP contribution >= 0.6 is 0 Å². The van der Waals surface area contributed by atoms with E-state index in [1.807, 2.05) is 0 Å². The van der Waals surface area contributed by atoms with E-state index in [4.69, 9.17) is 4.99 Å². The monoisotopic (exact) mass is 448 g/mol. The predicted octanol–water partition coefficient (Wildman–Crippen LogP) is 9.96. The smallest absolute Gasteiger partial charge is 0.0668 e. The van der Waals surface area contributed by atoms with E-state index in [1.165, 1.54) is 44.7 Å². The number of hydrogen-bond acceptors (Lipinski definition) is 1. The third-order valence-corrected chi connectivity index (χ3v) is 6.21. The van der Waals surface area contributed by atoms with E-state index in [0.717, 1.165) is 6.42 Å². The summed E-state index contributed by atoms with van der Waals surface area (Å²) < 4.78 is 0. The summed E-state index contributed by atoms with van der Waals surface area (Å²) in [5.74, 6) is 1.73. The van der Waals surface area contributed by atoms with Crippen LogP contribution in [0.15, 0.2) is 47.5 Å². The number of fused-ring (bicyclic) bond motifs is 2. The highest BCUT2D eigenvalue weighted by Gasteiger charge is 2.20. The molecule has 2 heteroatoms. The number of nitrogens with one attached hydrogen (secondary N) is 1. The molecule has 2 nitrogen and oxygen atoms in total. The molecule has 182 valence electrons. The fourth-order valence-corrected chi connectivity index (χ4v) is 3.84. The zero-order valence-electron chi connectivity index (χ0n) is 20.9. The summed E-state index contributed by atoms with van der Waals surface area (Å²) in [6.45, 7) is 20.1. The Morgan fingerprint density at radius 1 is 0.788 bits per heavy atom. The molecule has 1 aromatic heterocycles. The number of benzene rings is 2. The lowest BCUT2D eigenvalue weighted by atomic mass is 9.86. The lowest BCUT2D eigenvalue weighted by Gasteiger charge is -2.19.